The Balaban J connectivity index is 0.000000605. The third-order valence-electron chi connectivity index (χ3n) is 1.47. The molecule has 0 saturated carbocycles. The van der Waals surface area contributed by atoms with Gasteiger partial charge in [-0.3, -0.25) is 0 Å². The molecule has 0 spiro atoms. The van der Waals surface area contributed by atoms with Gasteiger partial charge in [-0.25, -0.2) is 0 Å². The third-order valence-corrected chi connectivity index (χ3v) is 1.47. The minimum atomic E-state index is 0. The number of benzene rings is 1. The molecule has 2 rings (SSSR count). The summed E-state index contributed by atoms with van der Waals surface area (Å²) in [4.78, 5) is 0. The molecule has 0 unspecified atom stereocenters. The standard InChI is InChI=1S/C7H7N3.K.H2O/c1-5-2-3-6-7(4-5)9-10-8-6;;/h2-4H,1H3,(H,8,9,10);;1H2/q;+1;/p-1. The molecule has 2 N–H and O–H groups in total. The van der Waals surface area contributed by atoms with Gasteiger partial charge in [0.25, 0.3) is 0 Å². The molecule has 1 aromatic carbocycles. The summed E-state index contributed by atoms with van der Waals surface area (Å²) in [6, 6.07) is 5.97. The number of aromatic amines is 1. The Kier molecular flexibility index (Phi) is 5.15. The number of nitrogens with zero attached hydrogens (tertiary/aromatic N) is 2. The molecule has 4 nitrogen and oxygen atoms in total. The summed E-state index contributed by atoms with van der Waals surface area (Å²) < 4.78 is 0. The van der Waals surface area contributed by atoms with Crippen LogP contribution >= 0.6 is 0 Å². The van der Waals surface area contributed by atoms with Gasteiger partial charge in [0.05, 0.1) is 0 Å². The Bertz CT molecular complexity index is 360. The van der Waals surface area contributed by atoms with Crippen LogP contribution in [0.1, 0.15) is 5.56 Å². The number of nitrogens with one attached hydrogen (secondary N) is 1. The first-order valence-corrected chi connectivity index (χ1v) is 3.13. The SMILES string of the molecule is Cc1ccc2n[nH]nc2c1.[K+].[OH-]. The number of hydrogen-bond donors (Lipinski definition) is 1. The number of aryl methyl sites for hydroxylation is 1. The van der Waals surface area contributed by atoms with Crippen LogP contribution in [0.25, 0.3) is 11.0 Å². The van der Waals surface area contributed by atoms with E-state index in [0.29, 0.717) is 0 Å². The Morgan fingerprint density at radius 3 is 2.58 bits per heavy atom. The predicted octanol–water partition coefficient (Wildman–Crippen LogP) is -1.91. The van der Waals surface area contributed by atoms with E-state index in [4.69, 9.17) is 0 Å². The van der Waals surface area contributed by atoms with Crippen molar-refractivity contribution in [2.45, 2.75) is 6.92 Å². The minimum Gasteiger partial charge on any atom is -0.870 e. The van der Waals surface area contributed by atoms with E-state index < -0.39 is 0 Å². The summed E-state index contributed by atoms with van der Waals surface area (Å²) in [5, 5.41) is 10.4. The van der Waals surface area contributed by atoms with Crippen LogP contribution in [0.3, 0.4) is 0 Å². The Labute approximate surface area is 112 Å². The molecule has 0 saturated heterocycles. The fourth-order valence-corrected chi connectivity index (χ4v) is 0.950. The van der Waals surface area contributed by atoms with Crippen LogP contribution in [0.5, 0.6) is 0 Å². The van der Waals surface area contributed by atoms with Crippen LogP contribution in [0, 0.1) is 6.92 Å². The normalized spacial score (nSPS) is 8.75. The average Bonchev–Trinajstić information content (AvgIpc) is 2.33. The van der Waals surface area contributed by atoms with Crippen LogP contribution in [-0.2, 0) is 0 Å². The summed E-state index contributed by atoms with van der Waals surface area (Å²) in [6.45, 7) is 2.04. The van der Waals surface area contributed by atoms with Crippen molar-refractivity contribution in [3.05, 3.63) is 23.8 Å². The van der Waals surface area contributed by atoms with Crippen molar-refractivity contribution >= 4 is 11.0 Å². The van der Waals surface area contributed by atoms with Crippen molar-refractivity contribution in [2.24, 2.45) is 0 Å². The third kappa shape index (κ3) is 2.35. The molecule has 0 aliphatic heterocycles. The van der Waals surface area contributed by atoms with Crippen LogP contribution < -0.4 is 51.4 Å². The summed E-state index contributed by atoms with van der Waals surface area (Å²) in [6.07, 6.45) is 0. The fourth-order valence-electron chi connectivity index (χ4n) is 0.950. The van der Waals surface area contributed by atoms with Crippen LogP contribution in [0.4, 0.5) is 0 Å². The van der Waals surface area contributed by atoms with Crippen molar-refractivity contribution < 1.29 is 56.9 Å². The topological polar surface area (TPSA) is 71.6 Å². The molecule has 1 aromatic heterocycles. The van der Waals surface area contributed by atoms with Gasteiger partial charge < -0.3 is 5.48 Å². The molecular formula is C7H8KN3O. The van der Waals surface area contributed by atoms with Gasteiger partial charge in [-0.15, -0.1) is 0 Å². The first kappa shape index (κ1) is 12.2. The Hall–Kier alpha value is 0.216. The molecule has 0 amide bonds. The maximum atomic E-state index is 3.94. The van der Waals surface area contributed by atoms with Gasteiger partial charge in [0.1, 0.15) is 11.0 Å². The largest absolute Gasteiger partial charge is 1.00 e. The zero-order valence-corrected chi connectivity index (χ0v) is 10.2. The number of hydrogen-bond acceptors (Lipinski definition) is 3. The Morgan fingerprint density at radius 1 is 1.17 bits per heavy atom. The molecule has 12 heavy (non-hydrogen) atoms. The zero-order valence-electron chi connectivity index (χ0n) is 7.07. The molecule has 5 heteroatoms. The maximum absolute atomic E-state index is 3.94. The van der Waals surface area contributed by atoms with Crippen molar-refractivity contribution in [1.29, 1.82) is 0 Å². The van der Waals surface area contributed by atoms with E-state index in [2.05, 4.69) is 15.4 Å². The monoisotopic (exact) mass is 189 g/mol. The molecule has 58 valence electrons. The molecular weight excluding hydrogens is 181 g/mol. The van der Waals surface area contributed by atoms with Gasteiger partial charge >= 0.3 is 51.4 Å². The maximum Gasteiger partial charge on any atom is 1.00 e. The second-order valence-corrected chi connectivity index (χ2v) is 2.32. The molecule has 0 fully saturated rings. The van der Waals surface area contributed by atoms with Crippen LogP contribution in [0.15, 0.2) is 18.2 Å². The zero-order chi connectivity index (χ0) is 6.97. The van der Waals surface area contributed by atoms with Gasteiger partial charge in [-0.05, 0) is 24.6 Å². The fraction of sp³-hybridized carbons (Fsp3) is 0.143. The molecule has 2 aromatic rings. The first-order valence-electron chi connectivity index (χ1n) is 3.13. The van der Waals surface area contributed by atoms with E-state index in [9.17, 15) is 0 Å². The number of H-pyrrole nitrogens is 1. The van der Waals surface area contributed by atoms with Crippen LogP contribution in [0.2, 0.25) is 0 Å². The summed E-state index contributed by atoms with van der Waals surface area (Å²) in [5.41, 5.74) is 3.06. The van der Waals surface area contributed by atoms with E-state index in [1.807, 2.05) is 25.1 Å². The van der Waals surface area contributed by atoms with E-state index in [1.165, 1.54) is 5.56 Å². The molecule has 0 bridgehead atoms. The molecule has 0 aliphatic carbocycles. The quantitative estimate of drug-likeness (QED) is 0.492. The molecule has 0 aliphatic rings. The van der Waals surface area contributed by atoms with Gasteiger partial charge in [-0.1, -0.05) is 6.07 Å². The van der Waals surface area contributed by atoms with Crippen molar-refractivity contribution in [3.63, 3.8) is 0 Å². The molecule has 0 atom stereocenters. The predicted molar refractivity (Wildman–Crippen MR) is 40.6 cm³/mol. The van der Waals surface area contributed by atoms with Crippen molar-refractivity contribution in [3.8, 4) is 0 Å². The smallest absolute Gasteiger partial charge is 0.870 e. The number of rotatable bonds is 0. The van der Waals surface area contributed by atoms with Gasteiger partial charge in [-0.2, -0.15) is 15.4 Å². The van der Waals surface area contributed by atoms with Crippen molar-refractivity contribution in [1.82, 2.24) is 15.4 Å². The number of fused-ring (bicyclic) bond motifs is 1. The van der Waals surface area contributed by atoms with E-state index >= 15 is 0 Å². The second-order valence-electron chi connectivity index (χ2n) is 2.32. The van der Waals surface area contributed by atoms with E-state index in [0.717, 1.165) is 11.0 Å². The van der Waals surface area contributed by atoms with Crippen molar-refractivity contribution in [2.75, 3.05) is 0 Å². The van der Waals surface area contributed by atoms with Gasteiger partial charge in [0.2, 0.25) is 0 Å². The van der Waals surface area contributed by atoms with E-state index in [1.54, 1.807) is 0 Å². The minimum absolute atomic E-state index is 0. The summed E-state index contributed by atoms with van der Waals surface area (Å²) in [7, 11) is 0. The summed E-state index contributed by atoms with van der Waals surface area (Å²) >= 11 is 0. The van der Waals surface area contributed by atoms with E-state index in [-0.39, 0.29) is 56.9 Å². The Morgan fingerprint density at radius 2 is 1.83 bits per heavy atom. The van der Waals surface area contributed by atoms with Crippen LogP contribution in [-0.4, -0.2) is 20.9 Å². The summed E-state index contributed by atoms with van der Waals surface area (Å²) in [5.74, 6) is 0. The molecule has 1 heterocycles. The average molecular weight is 189 g/mol. The molecule has 0 radical (unpaired) electrons. The van der Waals surface area contributed by atoms with Gasteiger partial charge in [0, 0.05) is 0 Å². The van der Waals surface area contributed by atoms with Gasteiger partial charge in [0.15, 0.2) is 0 Å². The first-order chi connectivity index (χ1) is 4.86. The number of aromatic nitrogens is 3. The second kappa shape index (κ2) is 5.06.